The summed E-state index contributed by atoms with van der Waals surface area (Å²) in [6, 6.07) is 10.7. The summed E-state index contributed by atoms with van der Waals surface area (Å²) in [5.41, 5.74) is 1.24. The number of hydrogen-bond acceptors (Lipinski definition) is 3. The summed E-state index contributed by atoms with van der Waals surface area (Å²) in [5.74, 6) is 0.902. The second-order valence-corrected chi connectivity index (χ2v) is 5.96. The number of rotatable bonds is 6. The lowest BCUT2D eigenvalue weighted by molar-refractivity contribution is 0.340. The largest absolute Gasteiger partial charge is 0.494 e. The molecule has 0 aliphatic carbocycles. The van der Waals surface area contributed by atoms with E-state index >= 15 is 0 Å². The molecule has 102 valence electrons. The molecular formula is C15H18BrNOS. The molecule has 1 unspecified atom stereocenters. The molecule has 0 saturated carbocycles. The van der Waals surface area contributed by atoms with Gasteiger partial charge in [-0.25, -0.2) is 0 Å². The molecular weight excluding hydrogens is 322 g/mol. The van der Waals surface area contributed by atoms with Gasteiger partial charge in [0.25, 0.3) is 0 Å². The van der Waals surface area contributed by atoms with Crippen LogP contribution in [-0.4, -0.2) is 13.2 Å². The fourth-order valence-corrected chi connectivity index (χ4v) is 3.43. The van der Waals surface area contributed by atoms with Crippen LogP contribution in [0.5, 0.6) is 5.75 Å². The zero-order chi connectivity index (χ0) is 13.7. The van der Waals surface area contributed by atoms with Gasteiger partial charge in [0.2, 0.25) is 0 Å². The van der Waals surface area contributed by atoms with Gasteiger partial charge in [0.1, 0.15) is 5.75 Å². The van der Waals surface area contributed by atoms with E-state index in [2.05, 4.69) is 51.7 Å². The molecule has 0 aliphatic rings. The van der Waals surface area contributed by atoms with Gasteiger partial charge in [0.15, 0.2) is 0 Å². The molecule has 1 aromatic carbocycles. The van der Waals surface area contributed by atoms with Crippen LogP contribution in [0.1, 0.15) is 30.3 Å². The van der Waals surface area contributed by atoms with Gasteiger partial charge < -0.3 is 10.1 Å². The van der Waals surface area contributed by atoms with Crippen molar-refractivity contribution in [3.8, 4) is 5.75 Å². The summed E-state index contributed by atoms with van der Waals surface area (Å²) in [6.45, 7) is 5.74. The van der Waals surface area contributed by atoms with E-state index in [1.54, 1.807) is 11.3 Å². The van der Waals surface area contributed by atoms with Crippen LogP contribution >= 0.6 is 27.3 Å². The van der Waals surface area contributed by atoms with Crippen LogP contribution < -0.4 is 10.1 Å². The maximum absolute atomic E-state index is 5.52. The molecule has 1 atom stereocenters. The predicted molar refractivity (Wildman–Crippen MR) is 85.1 cm³/mol. The second kappa shape index (κ2) is 7.08. The lowest BCUT2D eigenvalue weighted by atomic mass is 10.1. The molecule has 0 saturated heterocycles. The first-order chi connectivity index (χ1) is 9.26. The van der Waals surface area contributed by atoms with E-state index in [1.165, 1.54) is 10.4 Å². The number of benzene rings is 1. The Bertz CT molecular complexity index is 513. The fourth-order valence-electron chi connectivity index (χ4n) is 2.02. The van der Waals surface area contributed by atoms with Crippen molar-refractivity contribution in [1.29, 1.82) is 0 Å². The lowest BCUT2D eigenvalue weighted by Crippen LogP contribution is -2.21. The Hall–Kier alpha value is -0.840. The van der Waals surface area contributed by atoms with Crippen molar-refractivity contribution in [2.24, 2.45) is 0 Å². The molecule has 0 fully saturated rings. The molecule has 2 nitrogen and oxygen atoms in total. The van der Waals surface area contributed by atoms with Gasteiger partial charge in [-0.1, -0.05) is 35.0 Å². The summed E-state index contributed by atoms with van der Waals surface area (Å²) in [5, 5.41) is 5.65. The summed E-state index contributed by atoms with van der Waals surface area (Å²) < 4.78 is 6.61. The third-order valence-electron chi connectivity index (χ3n) is 2.83. The Morgan fingerprint density at radius 1 is 1.32 bits per heavy atom. The Kier molecular flexibility index (Phi) is 5.43. The zero-order valence-electron chi connectivity index (χ0n) is 11.2. The molecule has 0 aliphatic heterocycles. The number of hydrogen-bond donors (Lipinski definition) is 1. The van der Waals surface area contributed by atoms with Crippen LogP contribution in [0.15, 0.2) is 40.2 Å². The van der Waals surface area contributed by atoms with Crippen LogP contribution in [0.2, 0.25) is 0 Å². The molecule has 0 amide bonds. The van der Waals surface area contributed by atoms with Gasteiger partial charge in [-0.05, 0) is 42.6 Å². The van der Waals surface area contributed by atoms with Gasteiger partial charge in [0, 0.05) is 9.35 Å². The standard InChI is InChI=1S/C15H18BrNOS/c1-3-17-15(14-6-5-9-19-14)12-8-7-11(18-4-2)10-13(12)16/h5-10,15,17H,3-4H2,1-2H3. The van der Waals surface area contributed by atoms with Crippen LogP contribution in [0.3, 0.4) is 0 Å². The minimum Gasteiger partial charge on any atom is -0.494 e. The molecule has 0 spiro atoms. The van der Waals surface area contributed by atoms with Crippen molar-refractivity contribution in [2.45, 2.75) is 19.9 Å². The SMILES string of the molecule is CCNC(c1cccs1)c1ccc(OCC)cc1Br. The summed E-state index contributed by atoms with van der Waals surface area (Å²) in [6.07, 6.45) is 0. The third-order valence-corrected chi connectivity index (χ3v) is 4.45. The highest BCUT2D eigenvalue weighted by molar-refractivity contribution is 9.10. The monoisotopic (exact) mass is 339 g/mol. The average molecular weight is 340 g/mol. The number of thiophene rings is 1. The summed E-state index contributed by atoms with van der Waals surface area (Å²) in [7, 11) is 0. The molecule has 1 N–H and O–H groups in total. The highest BCUT2D eigenvalue weighted by Gasteiger charge is 2.17. The summed E-state index contributed by atoms with van der Waals surface area (Å²) >= 11 is 5.43. The Labute approximate surface area is 126 Å². The van der Waals surface area contributed by atoms with Crippen molar-refractivity contribution < 1.29 is 4.74 Å². The van der Waals surface area contributed by atoms with Crippen LogP contribution in [0, 0.1) is 0 Å². The molecule has 2 rings (SSSR count). The smallest absolute Gasteiger partial charge is 0.120 e. The van der Waals surface area contributed by atoms with Crippen LogP contribution in [0.25, 0.3) is 0 Å². The molecule has 4 heteroatoms. The van der Waals surface area contributed by atoms with E-state index in [0.717, 1.165) is 16.8 Å². The maximum Gasteiger partial charge on any atom is 0.120 e. The fraction of sp³-hybridized carbons (Fsp3) is 0.333. The van der Waals surface area contributed by atoms with E-state index in [0.29, 0.717) is 6.61 Å². The zero-order valence-corrected chi connectivity index (χ0v) is 13.6. The van der Waals surface area contributed by atoms with Crippen molar-refractivity contribution in [1.82, 2.24) is 5.32 Å². The minimum atomic E-state index is 0.232. The highest BCUT2D eigenvalue weighted by Crippen LogP contribution is 2.33. The minimum absolute atomic E-state index is 0.232. The normalized spacial score (nSPS) is 12.4. The Morgan fingerprint density at radius 2 is 2.16 bits per heavy atom. The van der Waals surface area contributed by atoms with Gasteiger partial charge >= 0.3 is 0 Å². The van der Waals surface area contributed by atoms with Gasteiger partial charge in [-0.3, -0.25) is 0 Å². The number of ether oxygens (including phenoxy) is 1. The van der Waals surface area contributed by atoms with Crippen molar-refractivity contribution >= 4 is 27.3 Å². The maximum atomic E-state index is 5.52. The summed E-state index contributed by atoms with van der Waals surface area (Å²) in [4.78, 5) is 1.33. The second-order valence-electron chi connectivity index (χ2n) is 4.12. The Balaban J connectivity index is 2.32. The van der Waals surface area contributed by atoms with E-state index in [9.17, 15) is 0 Å². The number of halogens is 1. The molecule has 0 radical (unpaired) electrons. The van der Waals surface area contributed by atoms with Crippen LogP contribution in [-0.2, 0) is 0 Å². The highest BCUT2D eigenvalue weighted by atomic mass is 79.9. The number of nitrogens with one attached hydrogen (secondary N) is 1. The predicted octanol–water partition coefficient (Wildman–Crippen LogP) is 4.61. The molecule has 19 heavy (non-hydrogen) atoms. The van der Waals surface area contributed by atoms with Crippen molar-refractivity contribution in [3.05, 3.63) is 50.6 Å². The van der Waals surface area contributed by atoms with E-state index < -0.39 is 0 Å². The third kappa shape index (κ3) is 3.59. The van der Waals surface area contributed by atoms with Crippen molar-refractivity contribution in [2.75, 3.05) is 13.2 Å². The topological polar surface area (TPSA) is 21.3 Å². The van der Waals surface area contributed by atoms with Crippen molar-refractivity contribution in [3.63, 3.8) is 0 Å². The first-order valence-corrected chi connectivity index (χ1v) is 8.12. The molecule has 0 bridgehead atoms. The van der Waals surface area contributed by atoms with Gasteiger partial charge in [-0.15, -0.1) is 11.3 Å². The van der Waals surface area contributed by atoms with Gasteiger partial charge in [0.05, 0.1) is 12.6 Å². The lowest BCUT2D eigenvalue weighted by Gasteiger charge is -2.19. The van der Waals surface area contributed by atoms with Crippen LogP contribution in [0.4, 0.5) is 0 Å². The van der Waals surface area contributed by atoms with E-state index in [1.807, 2.05) is 19.1 Å². The molecule has 1 aromatic heterocycles. The quantitative estimate of drug-likeness (QED) is 0.829. The molecule has 1 heterocycles. The Morgan fingerprint density at radius 3 is 2.74 bits per heavy atom. The average Bonchev–Trinajstić information content (AvgIpc) is 2.91. The first-order valence-electron chi connectivity index (χ1n) is 6.45. The van der Waals surface area contributed by atoms with E-state index in [4.69, 9.17) is 4.74 Å². The molecule has 2 aromatic rings. The first kappa shape index (κ1) is 14.6. The van der Waals surface area contributed by atoms with Gasteiger partial charge in [-0.2, -0.15) is 0 Å². The van der Waals surface area contributed by atoms with E-state index in [-0.39, 0.29) is 6.04 Å².